The lowest BCUT2D eigenvalue weighted by Crippen LogP contribution is -2.35. The molecule has 0 N–H and O–H groups in total. The Balaban J connectivity index is 1.74. The first-order valence-electron chi connectivity index (χ1n) is 6.64. The molecule has 2 aliphatic heterocycles. The second-order valence-electron chi connectivity index (χ2n) is 4.82. The summed E-state index contributed by atoms with van der Waals surface area (Å²) in [6.07, 6.45) is 1.93. The summed E-state index contributed by atoms with van der Waals surface area (Å²) in [7, 11) is 0. The standard InChI is InChI=1S/C15H16N2OS2/c1-11-2-4-12(5-3-11)10-13-14(18)16-15(20-13)17-6-8-19-9-7-17/h2-5,10H,6-9H2,1H3/b13-10-. The molecule has 104 valence electrons. The summed E-state index contributed by atoms with van der Waals surface area (Å²) >= 11 is 3.46. The molecule has 1 amide bonds. The second kappa shape index (κ2) is 6.06. The number of aryl methyl sites for hydroxylation is 1. The average Bonchev–Trinajstić information content (AvgIpc) is 2.84. The number of rotatable bonds is 1. The molecule has 0 radical (unpaired) electrons. The van der Waals surface area contributed by atoms with E-state index in [1.54, 1.807) is 0 Å². The summed E-state index contributed by atoms with van der Waals surface area (Å²) in [5.41, 5.74) is 2.28. The van der Waals surface area contributed by atoms with Gasteiger partial charge >= 0.3 is 0 Å². The maximum atomic E-state index is 12.0. The summed E-state index contributed by atoms with van der Waals surface area (Å²) in [4.78, 5) is 19.1. The normalized spacial score (nSPS) is 21.4. The highest BCUT2D eigenvalue weighted by atomic mass is 32.2. The first-order valence-corrected chi connectivity index (χ1v) is 8.61. The lowest BCUT2D eigenvalue weighted by Gasteiger charge is -2.26. The van der Waals surface area contributed by atoms with Crippen molar-refractivity contribution in [1.29, 1.82) is 0 Å². The largest absolute Gasteiger partial charge is 0.349 e. The summed E-state index contributed by atoms with van der Waals surface area (Å²) in [6.45, 7) is 4.03. The monoisotopic (exact) mass is 304 g/mol. The fourth-order valence-corrected chi connectivity index (χ4v) is 3.97. The number of amides is 1. The number of carbonyl (C=O) groups excluding carboxylic acids is 1. The molecule has 5 heteroatoms. The molecule has 0 atom stereocenters. The van der Waals surface area contributed by atoms with E-state index in [-0.39, 0.29) is 5.91 Å². The zero-order valence-electron chi connectivity index (χ0n) is 11.3. The van der Waals surface area contributed by atoms with Gasteiger partial charge < -0.3 is 4.90 Å². The molecular weight excluding hydrogens is 288 g/mol. The molecule has 1 aromatic carbocycles. The molecule has 0 unspecified atom stereocenters. The molecule has 1 fully saturated rings. The Morgan fingerprint density at radius 3 is 2.60 bits per heavy atom. The topological polar surface area (TPSA) is 32.7 Å². The van der Waals surface area contributed by atoms with Crippen LogP contribution in [0.4, 0.5) is 0 Å². The molecule has 2 heterocycles. The van der Waals surface area contributed by atoms with Crippen LogP contribution in [0.15, 0.2) is 34.2 Å². The summed E-state index contributed by atoms with van der Waals surface area (Å²) in [5, 5.41) is 0.869. The van der Waals surface area contributed by atoms with Crippen LogP contribution in [0.3, 0.4) is 0 Å². The van der Waals surface area contributed by atoms with E-state index >= 15 is 0 Å². The molecular formula is C15H16N2OS2. The van der Waals surface area contributed by atoms with Gasteiger partial charge in [-0.05, 0) is 30.3 Å². The minimum Gasteiger partial charge on any atom is -0.349 e. The van der Waals surface area contributed by atoms with Crippen LogP contribution in [-0.4, -0.2) is 40.6 Å². The minimum absolute atomic E-state index is 0.108. The Bertz CT molecular complexity index is 572. The number of amidine groups is 1. The van der Waals surface area contributed by atoms with E-state index in [9.17, 15) is 4.79 Å². The van der Waals surface area contributed by atoms with Gasteiger partial charge in [0, 0.05) is 24.6 Å². The van der Waals surface area contributed by atoms with E-state index in [0.29, 0.717) is 0 Å². The van der Waals surface area contributed by atoms with Gasteiger partial charge in [0.15, 0.2) is 5.17 Å². The summed E-state index contributed by atoms with van der Waals surface area (Å²) in [5.74, 6) is 2.12. The Morgan fingerprint density at radius 1 is 1.20 bits per heavy atom. The van der Waals surface area contributed by atoms with Crippen molar-refractivity contribution in [2.24, 2.45) is 4.99 Å². The van der Waals surface area contributed by atoms with Gasteiger partial charge in [-0.15, -0.1) is 0 Å². The van der Waals surface area contributed by atoms with Crippen molar-refractivity contribution in [2.75, 3.05) is 24.6 Å². The van der Waals surface area contributed by atoms with Crippen molar-refractivity contribution in [1.82, 2.24) is 4.90 Å². The zero-order chi connectivity index (χ0) is 13.9. The number of thioether (sulfide) groups is 2. The van der Waals surface area contributed by atoms with Gasteiger partial charge in [-0.25, -0.2) is 0 Å². The number of carbonyl (C=O) groups is 1. The predicted octanol–water partition coefficient (Wildman–Crippen LogP) is 3.01. The molecule has 20 heavy (non-hydrogen) atoms. The van der Waals surface area contributed by atoms with Gasteiger partial charge in [-0.3, -0.25) is 4.79 Å². The van der Waals surface area contributed by atoms with Crippen molar-refractivity contribution in [2.45, 2.75) is 6.92 Å². The highest BCUT2D eigenvalue weighted by Crippen LogP contribution is 2.31. The van der Waals surface area contributed by atoms with Gasteiger partial charge in [0.05, 0.1) is 4.91 Å². The third kappa shape index (κ3) is 3.10. The Morgan fingerprint density at radius 2 is 1.90 bits per heavy atom. The molecule has 0 bridgehead atoms. The van der Waals surface area contributed by atoms with Crippen LogP contribution in [0.25, 0.3) is 6.08 Å². The number of hydrogen-bond acceptors (Lipinski definition) is 4. The Labute approximate surface area is 127 Å². The number of hydrogen-bond donors (Lipinski definition) is 0. The molecule has 0 saturated carbocycles. The first kappa shape index (κ1) is 13.8. The van der Waals surface area contributed by atoms with Crippen molar-refractivity contribution < 1.29 is 4.79 Å². The van der Waals surface area contributed by atoms with E-state index < -0.39 is 0 Å². The van der Waals surface area contributed by atoms with Crippen LogP contribution in [0.2, 0.25) is 0 Å². The zero-order valence-corrected chi connectivity index (χ0v) is 13.0. The van der Waals surface area contributed by atoms with Crippen LogP contribution in [-0.2, 0) is 4.79 Å². The summed E-state index contributed by atoms with van der Waals surface area (Å²) in [6, 6.07) is 8.18. The van der Waals surface area contributed by atoms with Crippen molar-refractivity contribution in [3.8, 4) is 0 Å². The minimum atomic E-state index is -0.108. The molecule has 0 spiro atoms. The Kier molecular flexibility index (Phi) is 4.17. The molecule has 0 aromatic heterocycles. The SMILES string of the molecule is Cc1ccc(/C=C2\SC(N3CCSCC3)=NC2=O)cc1. The van der Waals surface area contributed by atoms with E-state index in [2.05, 4.69) is 28.9 Å². The van der Waals surface area contributed by atoms with E-state index in [1.807, 2.05) is 30.0 Å². The quantitative estimate of drug-likeness (QED) is 0.747. The van der Waals surface area contributed by atoms with Crippen molar-refractivity contribution in [3.63, 3.8) is 0 Å². The van der Waals surface area contributed by atoms with Gasteiger partial charge in [0.1, 0.15) is 0 Å². The fraction of sp³-hybridized carbons (Fsp3) is 0.333. The number of benzene rings is 1. The average molecular weight is 304 g/mol. The lowest BCUT2D eigenvalue weighted by atomic mass is 10.1. The van der Waals surface area contributed by atoms with Crippen LogP contribution >= 0.6 is 23.5 Å². The van der Waals surface area contributed by atoms with Crippen LogP contribution < -0.4 is 0 Å². The van der Waals surface area contributed by atoms with E-state index in [0.717, 1.165) is 40.2 Å². The van der Waals surface area contributed by atoms with Crippen molar-refractivity contribution in [3.05, 3.63) is 40.3 Å². The highest BCUT2D eigenvalue weighted by Gasteiger charge is 2.26. The molecule has 0 aliphatic carbocycles. The smallest absolute Gasteiger partial charge is 0.286 e. The third-order valence-electron chi connectivity index (χ3n) is 3.27. The van der Waals surface area contributed by atoms with Gasteiger partial charge in [-0.2, -0.15) is 16.8 Å². The predicted molar refractivity (Wildman–Crippen MR) is 88.1 cm³/mol. The molecule has 3 rings (SSSR count). The van der Waals surface area contributed by atoms with Crippen molar-refractivity contribution >= 4 is 40.7 Å². The van der Waals surface area contributed by atoms with Crippen LogP contribution in [0.1, 0.15) is 11.1 Å². The molecule has 1 saturated heterocycles. The highest BCUT2D eigenvalue weighted by molar-refractivity contribution is 8.18. The lowest BCUT2D eigenvalue weighted by molar-refractivity contribution is -0.113. The maximum absolute atomic E-state index is 12.0. The Hall–Kier alpha value is -1.20. The van der Waals surface area contributed by atoms with E-state index in [4.69, 9.17) is 0 Å². The molecule has 1 aromatic rings. The second-order valence-corrected chi connectivity index (χ2v) is 7.05. The number of aliphatic imine (C=N–C) groups is 1. The summed E-state index contributed by atoms with van der Waals surface area (Å²) < 4.78 is 0. The van der Waals surface area contributed by atoms with Crippen LogP contribution in [0, 0.1) is 6.92 Å². The maximum Gasteiger partial charge on any atom is 0.286 e. The molecule has 2 aliphatic rings. The van der Waals surface area contributed by atoms with E-state index in [1.165, 1.54) is 17.3 Å². The molecule has 3 nitrogen and oxygen atoms in total. The third-order valence-corrected chi connectivity index (χ3v) is 5.25. The first-order chi connectivity index (χ1) is 9.72. The van der Waals surface area contributed by atoms with Gasteiger partial charge in [-0.1, -0.05) is 29.8 Å². The van der Waals surface area contributed by atoms with Gasteiger partial charge in [0.25, 0.3) is 5.91 Å². The number of nitrogens with zero attached hydrogens (tertiary/aromatic N) is 2. The van der Waals surface area contributed by atoms with Crippen LogP contribution in [0.5, 0.6) is 0 Å². The fourth-order valence-electron chi connectivity index (χ4n) is 2.10. The van der Waals surface area contributed by atoms with Gasteiger partial charge in [0.2, 0.25) is 0 Å².